The van der Waals surface area contributed by atoms with Crippen molar-refractivity contribution < 1.29 is 9.59 Å². The molecule has 1 fully saturated rings. The van der Waals surface area contributed by atoms with Crippen molar-refractivity contribution in [3.8, 4) is 0 Å². The van der Waals surface area contributed by atoms with E-state index in [2.05, 4.69) is 5.32 Å². The number of nitrogens with zero attached hydrogens (tertiary/aromatic N) is 1. The molecular weight excluding hydrogens is 252 g/mol. The van der Waals surface area contributed by atoms with Gasteiger partial charge in [0, 0.05) is 0 Å². The minimum atomic E-state index is -1.08. The smallest absolute Gasteiger partial charge is 0.256 e. The van der Waals surface area contributed by atoms with Crippen molar-refractivity contribution in [2.45, 2.75) is 5.54 Å². The number of carbonyl (C=O) groups excluding carboxylic acids is 2. The first-order valence-electron chi connectivity index (χ1n) is 6.41. The van der Waals surface area contributed by atoms with Gasteiger partial charge < -0.3 is 10.2 Å². The lowest BCUT2D eigenvalue weighted by Gasteiger charge is -2.33. The van der Waals surface area contributed by atoms with Crippen LogP contribution in [-0.2, 0) is 15.1 Å². The van der Waals surface area contributed by atoms with E-state index >= 15 is 0 Å². The normalized spacial score (nSPS) is 16.8. The molecule has 0 radical (unpaired) electrons. The lowest BCUT2D eigenvalue weighted by molar-refractivity contribution is -0.130. The standard InChI is InChI=1S/C16H14N2O2/c19-12-18-11-17-15(20)16(18,13-7-3-1-4-8-13)14-9-5-2-6-10-14/h1-10,12H,11H2,(H,17,20). The van der Waals surface area contributed by atoms with Gasteiger partial charge in [-0.15, -0.1) is 0 Å². The van der Waals surface area contributed by atoms with Crippen LogP contribution in [0.15, 0.2) is 60.7 Å². The first-order valence-corrected chi connectivity index (χ1v) is 6.41. The van der Waals surface area contributed by atoms with E-state index in [9.17, 15) is 9.59 Å². The molecule has 1 aliphatic heterocycles. The van der Waals surface area contributed by atoms with Gasteiger partial charge in [0.25, 0.3) is 5.91 Å². The number of nitrogens with one attached hydrogen (secondary N) is 1. The highest BCUT2D eigenvalue weighted by molar-refractivity contribution is 5.95. The van der Waals surface area contributed by atoms with Crippen molar-refractivity contribution in [3.63, 3.8) is 0 Å². The number of hydrogen-bond donors (Lipinski definition) is 1. The van der Waals surface area contributed by atoms with Crippen LogP contribution in [0.5, 0.6) is 0 Å². The Morgan fingerprint density at radius 3 is 1.90 bits per heavy atom. The summed E-state index contributed by atoms with van der Waals surface area (Å²) >= 11 is 0. The lowest BCUT2D eigenvalue weighted by atomic mass is 9.82. The average molecular weight is 266 g/mol. The maximum absolute atomic E-state index is 12.6. The highest BCUT2D eigenvalue weighted by Gasteiger charge is 2.51. The van der Waals surface area contributed by atoms with Gasteiger partial charge in [-0.25, -0.2) is 0 Å². The summed E-state index contributed by atoms with van der Waals surface area (Å²) in [6.07, 6.45) is 0.720. The van der Waals surface area contributed by atoms with Crippen LogP contribution in [0.4, 0.5) is 0 Å². The molecular formula is C16H14N2O2. The van der Waals surface area contributed by atoms with E-state index in [0.717, 1.165) is 17.5 Å². The molecule has 0 atom stereocenters. The fraction of sp³-hybridized carbons (Fsp3) is 0.125. The molecule has 3 rings (SSSR count). The van der Waals surface area contributed by atoms with Gasteiger partial charge in [0.1, 0.15) is 0 Å². The maximum Gasteiger partial charge on any atom is 0.256 e. The molecule has 1 N–H and O–H groups in total. The van der Waals surface area contributed by atoms with Crippen molar-refractivity contribution in [1.29, 1.82) is 0 Å². The van der Waals surface area contributed by atoms with Crippen LogP contribution in [0.3, 0.4) is 0 Å². The summed E-state index contributed by atoms with van der Waals surface area (Å²) < 4.78 is 0. The van der Waals surface area contributed by atoms with E-state index in [1.54, 1.807) is 0 Å². The van der Waals surface area contributed by atoms with Crippen LogP contribution < -0.4 is 5.32 Å². The van der Waals surface area contributed by atoms with Crippen LogP contribution in [0, 0.1) is 0 Å². The Morgan fingerprint density at radius 1 is 0.950 bits per heavy atom. The summed E-state index contributed by atoms with van der Waals surface area (Å²) in [6, 6.07) is 18.7. The quantitative estimate of drug-likeness (QED) is 0.855. The molecule has 20 heavy (non-hydrogen) atoms. The van der Waals surface area contributed by atoms with Gasteiger partial charge in [0.2, 0.25) is 6.41 Å². The van der Waals surface area contributed by atoms with Crippen LogP contribution in [-0.4, -0.2) is 23.9 Å². The lowest BCUT2D eigenvalue weighted by Crippen LogP contribution is -2.46. The van der Waals surface area contributed by atoms with Gasteiger partial charge in [0.15, 0.2) is 5.54 Å². The summed E-state index contributed by atoms with van der Waals surface area (Å²) in [5.41, 5.74) is 0.492. The van der Waals surface area contributed by atoms with Crippen LogP contribution >= 0.6 is 0 Å². The number of rotatable bonds is 3. The largest absolute Gasteiger partial charge is 0.336 e. The van der Waals surface area contributed by atoms with E-state index in [4.69, 9.17) is 0 Å². The summed E-state index contributed by atoms with van der Waals surface area (Å²) in [6.45, 7) is 0.214. The maximum atomic E-state index is 12.6. The molecule has 1 aliphatic rings. The van der Waals surface area contributed by atoms with Gasteiger partial charge in [-0.1, -0.05) is 60.7 Å². The second-order valence-corrected chi connectivity index (χ2v) is 4.68. The Kier molecular flexibility index (Phi) is 2.99. The monoisotopic (exact) mass is 266 g/mol. The van der Waals surface area contributed by atoms with Gasteiger partial charge in [-0.05, 0) is 11.1 Å². The van der Waals surface area contributed by atoms with Crippen molar-refractivity contribution in [3.05, 3.63) is 71.8 Å². The van der Waals surface area contributed by atoms with Gasteiger partial charge in [0.05, 0.1) is 6.67 Å². The molecule has 0 unspecified atom stereocenters. The topological polar surface area (TPSA) is 49.4 Å². The molecule has 4 heteroatoms. The Morgan fingerprint density at radius 2 is 1.45 bits per heavy atom. The number of benzene rings is 2. The minimum Gasteiger partial charge on any atom is -0.336 e. The first-order chi connectivity index (χ1) is 9.80. The number of hydrogen-bond acceptors (Lipinski definition) is 2. The second-order valence-electron chi connectivity index (χ2n) is 4.68. The summed E-state index contributed by atoms with van der Waals surface area (Å²) in [4.78, 5) is 25.5. The first kappa shape index (κ1) is 12.4. The Labute approximate surface area is 117 Å². The molecule has 100 valence electrons. The molecule has 0 aromatic heterocycles. The highest BCUT2D eigenvalue weighted by atomic mass is 16.2. The predicted molar refractivity (Wildman–Crippen MR) is 74.6 cm³/mol. The fourth-order valence-corrected chi connectivity index (χ4v) is 2.77. The Hall–Kier alpha value is -2.62. The molecule has 0 saturated carbocycles. The summed E-state index contributed by atoms with van der Waals surface area (Å²) in [7, 11) is 0. The van der Waals surface area contributed by atoms with Crippen molar-refractivity contribution >= 4 is 12.3 Å². The molecule has 2 aromatic carbocycles. The van der Waals surface area contributed by atoms with Crippen molar-refractivity contribution in [2.24, 2.45) is 0 Å². The van der Waals surface area contributed by atoms with Gasteiger partial charge in [-0.3, -0.25) is 9.59 Å². The van der Waals surface area contributed by atoms with Crippen molar-refractivity contribution in [1.82, 2.24) is 10.2 Å². The zero-order valence-electron chi connectivity index (χ0n) is 10.8. The fourth-order valence-electron chi connectivity index (χ4n) is 2.77. The van der Waals surface area contributed by atoms with E-state index < -0.39 is 5.54 Å². The zero-order chi connectivity index (χ0) is 14.0. The van der Waals surface area contributed by atoms with E-state index in [-0.39, 0.29) is 12.6 Å². The van der Waals surface area contributed by atoms with Crippen LogP contribution in [0.1, 0.15) is 11.1 Å². The zero-order valence-corrected chi connectivity index (χ0v) is 10.8. The van der Waals surface area contributed by atoms with E-state index in [0.29, 0.717) is 0 Å². The molecule has 0 bridgehead atoms. The van der Waals surface area contributed by atoms with Gasteiger partial charge in [-0.2, -0.15) is 0 Å². The van der Waals surface area contributed by atoms with Crippen LogP contribution in [0.2, 0.25) is 0 Å². The molecule has 2 amide bonds. The van der Waals surface area contributed by atoms with Crippen molar-refractivity contribution in [2.75, 3.05) is 6.67 Å². The number of carbonyl (C=O) groups is 2. The third kappa shape index (κ3) is 1.61. The Bertz CT molecular complexity index is 586. The third-order valence-corrected chi connectivity index (χ3v) is 3.68. The second kappa shape index (κ2) is 4.81. The van der Waals surface area contributed by atoms with Gasteiger partial charge >= 0.3 is 0 Å². The van der Waals surface area contributed by atoms with Crippen LogP contribution in [0.25, 0.3) is 0 Å². The molecule has 2 aromatic rings. The SMILES string of the molecule is O=CN1CNC(=O)C1(c1ccccc1)c1ccccc1. The average Bonchev–Trinajstić information content (AvgIpc) is 2.86. The molecule has 4 nitrogen and oxygen atoms in total. The molecule has 1 heterocycles. The predicted octanol–water partition coefficient (Wildman–Crippen LogP) is 1.48. The molecule has 0 aliphatic carbocycles. The third-order valence-electron chi connectivity index (χ3n) is 3.68. The highest BCUT2D eigenvalue weighted by Crippen LogP contribution is 2.37. The number of amides is 2. The van der Waals surface area contributed by atoms with E-state index in [1.807, 2.05) is 60.7 Å². The minimum absolute atomic E-state index is 0.179. The van der Waals surface area contributed by atoms with E-state index in [1.165, 1.54) is 4.90 Å². The molecule has 1 saturated heterocycles. The summed E-state index contributed by atoms with van der Waals surface area (Å²) in [5.74, 6) is -0.179. The Balaban J connectivity index is 2.28. The molecule has 0 spiro atoms. The summed E-state index contributed by atoms with van der Waals surface area (Å²) in [5, 5.41) is 2.76.